The van der Waals surface area contributed by atoms with Crippen molar-refractivity contribution in [3.63, 3.8) is 0 Å². The zero-order chi connectivity index (χ0) is 17.4. The number of benzene rings is 1. The highest BCUT2D eigenvalue weighted by Gasteiger charge is 2.54. The Morgan fingerprint density at radius 2 is 1.52 bits per heavy atom. The molecule has 0 heterocycles. The highest BCUT2D eigenvalue weighted by Crippen LogP contribution is 2.69. The molecule has 130 valence electrons. The molecule has 1 aliphatic carbocycles. The molecule has 1 saturated carbocycles. The lowest BCUT2D eigenvalue weighted by Gasteiger charge is -2.23. The normalized spacial score (nSPS) is 22.0. The number of hydrogen-bond acceptors (Lipinski definition) is 3. The first-order valence-electron chi connectivity index (χ1n) is 7.66. The third-order valence-electron chi connectivity index (χ3n) is 3.54. The number of alkyl halides is 3. The lowest BCUT2D eigenvalue weighted by atomic mass is 10.1. The summed E-state index contributed by atoms with van der Waals surface area (Å²) in [5.74, 6) is -0.0828. The van der Waals surface area contributed by atoms with Gasteiger partial charge in [0.15, 0.2) is 0 Å². The summed E-state index contributed by atoms with van der Waals surface area (Å²) in [7, 11) is -3.28. The molecule has 1 aromatic rings. The molecule has 1 aromatic carbocycles. The number of rotatable bonds is 6. The second-order valence-corrected chi connectivity index (χ2v) is 8.54. The molecule has 23 heavy (non-hydrogen) atoms. The molecule has 0 bridgehead atoms. The molecule has 0 spiro atoms. The van der Waals surface area contributed by atoms with Crippen molar-refractivity contribution < 1.29 is 26.8 Å². The molecule has 2 atom stereocenters. The van der Waals surface area contributed by atoms with E-state index in [0.29, 0.717) is 6.42 Å². The van der Waals surface area contributed by atoms with Crippen molar-refractivity contribution in [2.75, 3.05) is 0 Å². The maximum absolute atomic E-state index is 13.0. The van der Waals surface area contributed by atoms with Gasteiger partial charge in [-0.1, -0.05) is 12.1 Å². The first-order chi connectivity index (χ1) is 10.5. The summed E-state index contributed by atoms with van der Waals surface area (Å²) in [6, 6.07) is 5.01. The summed E-state index contributed by atoms with van der Waals surface area (Å²) in [6.07, 6.45) is -4.23. The lowest BCUT2D eigenvalue weighted by Crippen LogP contribution is -2.11. The quantitative estimate of drug-likeness (QED) is 0.626. The van der Waals surface area contributed by atoms with E-state index in [-0.39, 0.29) is 23.8 Å². The van der Waals surface area contributed by atoms with E-state index in [4.69, 9.17) is 9.05 Å². The van der Waals surface area contributed by atoms with E-state index in [1.54, 1.807) is 27.7 Å². The molecule has 0 N–H and O–H groups in total. The van der Waals surface area contributed by atoms with E-state index in [0.717, 1.165) is 17.7 Å². The Hall–Kier alpha value is -0.840. The van der Waals surface area contributed by atoms with Gasteiger partial charge in [0.2, 0.25) is 0 Å². The van der Waals surface area contributed by atoms with Gasteiger partial charge in [-0.15, -0.1) is 0 Å². The summed E-state index contributed by atoms with van der Waals surface area (Å²) in [4.78, 5) is 0. The molecule has 0 unspecified atom stereocenters. The van der Waals surface area contributed by atoms with Crippen LogP contribution in [0.4, 0.5) is 13.2 Å². The van der Waals surface area contributed by atoms with Crippen molar-refractivity contribution >= 4 is 7.60 Å². The van der Waals surface area contributed by atoms with Crippen molar-refractivity contribution in [1.82, 2.24) is 0 Å². The minimum atomic E-state index is -4.35. The SMILES string of the molecule is CC(C)OP(=O)(OC(C)C)[C@H]1C[C@@H]1c1ccc(C(F)(F)F)cc1. The minimum absolute atomic E-state index is 0.0828. The topological polar surface area (TPSA) is 35.5 Å². The fraction of sp³-hybridized carbons (Fsp3) is 0.625. The van der Waals surface area contributed by atoms with Gasteiger partial charge in [0.05, 0.1) is 23.4 Å². The first kappa shape index (κ1) is 18.5. The van der Waals surface area contributed by atoms with Crippen LogP contribution in [0.25, 0.3) is 0 Å². The standard InChI is InChI=1S/C16H22F3O3P/c1-10(2)21-23(20,22-11(3)4)15-9-14(15)12-5-7-13(8-6-12)16(17,18)19/h5-8,10-11,14-15H,9H2,1-4H3/t14-,15+/m1/s1. The molecule has 0 aromatic heterocycles. The summed E-state index contributed by atoms with van der Waals surface area (Å²) in [6.45, 7) is 7.13. The third kappa shape index (κ3) is 4.59. The molecule has 7 heteroatoms. The largest absolute Gasteiger partial charge is 0.416 e. The predicted molar refractivity (Wildman–Crippen MR) is 82.6 cm³/mol. The maximum Gasteiger partial charge on any atom is 0.416 e. The summed E-state index contributed by atoms with van der Waals surface area (Å²) in [5, 5.41) is 0. The van der Waals surface area contributed by atoms with Crippen molar-refractivity contribution in [1.29, 1.82) is 0 Å². The smallest absolute Gasteiger partial charge is 0.306 e. The Morgan fingerprint density at radius 1 is 1.04 bits per heavy atom. The van der Waals surface area contributed by atoms with Gasteiger partial charge < -0.3 is 9.05 Å². The minimum Gasteiger partial charge on any atom is -0.306 e. The van der Waals surface area contributed by atoms with E-state index < -0.39 is 19.3 Å². The van der Waals surface area contributed by atoms with Crippen LogP contribution in [0.1, 0.15) is 51.2 Å². The fourth-order valence-corrected chi connectivity index (χ4v) is 5.21. The van der Waals surface area contributed by atoms with Gasteiger partial charge in [-0.3, -0.25) is 4.57 Å². The first-order valence-corrected chi connectivity index (χ1v) is 9.28. The van der Waals surface area contributed by atoms with E-state index in [9.17, 15) is 17.7 Å². The van der Waals surface area contributed by atoms with Gasteiger partial charge >= 0.3 is 13.8 Å². The number of hydrogen-bond donors (Lipinski definition) is 0. The Kier molecular flexibility index (Phi) is 5.29. The van der Waals surface area contributed by atoms with Crippen molar-refractivity contribution in [3.05, 3.63) is 35.4 Å². The second-order valence-electron chi connectivity index (χ2n) is 6.38. The molecule has 1 fully saturated rings. The van der Waals surface area contributed by atoms with Crippen LogP contribution in [-0.4, -0.2) is 17.9 Å². The van der Waals surface area contributed by atoms with Gasteiger partial charge in [-0.25, -0.2) is 0 Å². The van der Waals surface area contributed by atoms with E-state index in [2.05, 4.69) is 0 Å². The lowest BCUT2D eigenvalue weighted by molar-refractivity contribution is -0.137. The Labute approximate surface area is 134 Å². The van der Waals surface area contributed by atoms with Crippen LogP contribution in [0.2, 0.25) is 0 Å². The predicted octanol–water partition coefficient (Wildman–Crippen LogP) is 5.60. The highest BCUT2D eigenvalue weighted by atomic mass is 31.2. The average Bonchev–Trinajstić information content (AvgIpc) is 3.16. The van der Waals surface area contributed by atoms with Crippen LogP contribution in [-0.2, 0) is 19.8 Å². The van der Waals surface area contributed by atoms with Crippen LogP contribution >= 0.6 is 7.60 Å². The highest BCUT2D eigenvalue weighted by molar-refractivity contribution is 7.55. The molecule has 0 aliphatic heterocycles. The van der Waals surface area contributed by atoms with E-state index in [1.165, 1.54) is 12.1 Å². The van der Waals surface area contributed by atoms with Gasteiger partial charge in [0.25, 0.3) is 0 Å². The van der Waals surface area contributed by atoms with Gasteiger partial charge in [-0.2, -0.15) is 13.2 Å². The molecule has 0 radical (unpaired) electrons. The van der Waals surface area contributed by atoms with Crippen LogP contribution < -0.4 is 0 Å². The van der Waals surface area contributed by atoms with Crippen LogP contribution in [0.3, 0.4) is 0 Å². The monoisotopic (exact) mass is 350 g/mol. The Morgan fingerprint density at radius 3 is 1.91 bits per heavy atom. The molecule has 1 aliphatic rings. The van der Waals surface area contributed by atoms with Crippen molar-refractivity contribution in [2.45, 2.75) is 64.1 Å². The van der Waals surface area contributed by atoms with Gasteiger partial charge in [0, 0.05) is 0 Å². The van der Waals surface area contributed by atoms with Crippen LogP contribution in [0.15, 0.2) is 24.3 Å². The maximum atomic E-state index is 13.0. The average molecular weight is 350 g/mol. The summed E-state index contributed by atoms with van der Waals surface area (Å²) >= 11 is 0. The molecular weight excluding hydrogens is 328 g/mol. The second kappa shape index (κ2) is 6.58. The van der Waals surface area contributed by atoms with Gasteiger partial charge in [-0.05, 0) is 57.7 Å². The van der Waals surface area contributed by atoms with Crippen molar-refractivity contribution in [3.8, 4) is 0 Å². The Bertz CT molecular complexity index is 567. The molecule has 0 amide bonds. The summed E-state index contributed by atoms with van der Waals surface area (Å²) < 4.78 is 61.9. The third-order valence-corrected chi connectivity index (χ3v) is 6.36. The zero-order valence-corrected chi connectivity index (χ0v) is 14.5. The molecule has 0 saturated heterocycles. The van der Waals surface area contributed by atoms with Gasteiger partial charge in [0.1, 0.15) is 0 Å². The van der Waals surface area contributed by atoms with E-state index in [1.807, 2.05) is 0 Å². The fourth-order valence-electron chi connectivity index (χ4n) is 2.58. The zero-order valence-electron chi connectivity index (χ0n) is 13.6. The number of halogens is 3. The molecule has 3 nitrogen and oxygen atoms in total. The van der Waals surface area contributed by atoms with E-state index >= 15 is 0 Å². The molecular formula is C16H22F3O3P. The van der Waals surface area contributed by atoms with Crippen molar-refractivity contribution in [2.24, 2.45) is 0 Å². The van der Waals surface area contributed by atoms with Crippen LogP contribution in [0, 0.1) is 0 Å². The Balaban J connectivity index is 2.14. The molecule has 2 rings (SSSR count). The summed E-state index contributed by atoms with van der Waals surface area (Å²) in [5.41, 5.74) is -0.231. The van der Waals surface area contributed by atoms with Crippen LogP contribution in [0.5, 0.6) is 0 Å².